The van der Waals surface area contributed by atoms with Crippen LogP contribution >= 0.6 is 27.5 Å². The van der Waals surface area contributed by atoms with E-state index in [1.807, 2.05) is 30.3 Å². The minimum Gasteiger partial charge on any atom is -0.464 e. The Bertz CT molecular complexity index is 1560. The average molecular weight is 645 g/mol. The van der Waals surface area contributed by atoms with Crippen LogP contribution in [0.1, 0.15) is 35.6 Å². The molecule has 0 spiro atoms. The predicted octanol–water partition coefficient (Wildman–Crippen LogP) is 5.11. The van der Waals surface area contributed by atoms with Crippen molar-refractivity contribution in [3.05, 3.63) is 79.6 Å². The van der Waals surface area contributed by atoms with E-state index >= 15 is 4.39 Å². The predicted molar refractivity (Wildman–Crippen MR) is 140 cm³/mol. The van der Waals surface area contributed by atoms with Crippen molar-refractivity contribution < 1.29 is 31.8 Å². The van der Waals surface area contributed by atoms with Crippen molar-refractivity contribution in [3.8, 4) is 11.7 Å². The topological polar surface area (TPSA) is 113 Å². The number of rotatable bonds is 10. The van der Waals surface area contributed by atoms with Gasteiger partial charge in [-0.1, -0.05) is 30.3 Å². The SMILES string of the molecule is CCn1c(COCc2ccccc2)nn(-c2nc(O[C@@H](C)C(F)(F)F)c(C(=O)Nc3cnsc3Br)cc2F)c1=O. The normalized spacial score (nSPS) is 12.4. The summed E-state index contributed by atoms with van der Waals surface area (Å²) in [6.45, 7) is 2.59. The number of halogens is 5. The van der Waals surface area contributed by atoms with Crippen LogP contribution in [-0.2, 0) is 24.5 Å². The highest BCUT2D eigenvalue weighted by atomic mass is 79.9. The molecule has 0 unspecified atom stereocenters. The Hall–Kier alpha value is -3.63. The van der Waals surface area contributed by atoms with Crippen molar-refractivity contribution in [1.82, 2.24) is 23.7 Å². The summed E-state index contributed by atoms with van der Waals surface area (Å²) < 4.78 is 71.9. The molecule has 0 fully saturated rings. The number of hydrogen-bond donors (Lipinski definition) is 1. The van der Waals surface area contributed by atoms with Crippen LogP contribution < -0.4 is 15.7 Å². The van der Waals surface area contributed by atoms with Crippen molar-refractivity contribution in [3.63, 3.8) is 0 Å². The van der Waals surface area contributed by atoms with Crippen LogP contribution in [0.4, 0.5) is 23.2 Å². The highest BCUT2D eigenvalue weighted by Gasteiger charge is 2.39. The van der Waals surface area contributed by atoms with E-state index in [9.17, 15) is 22.8 Å². The zero-order chi connectivity index (χ0) is 29.0. The van der Waals surface area contributed by atoms with E-state index in [4.69, 9.17) is 9.47 Å². The van der Waals surface area contributed by atoms with Gasteiger partial charge in [-0.2, -0.15) is 27.2 Å². The lowest BCUT2D eigenvalue weighted by atomic mass is 10.2. The van der Waals surface area contributed by atoms with E-state index in [1.165, 1.54) is 10.8 Å². The van der Waals surface area contributed by atoms with Crippen LogP contribution in [-0.4, -0.2) is 41.9 Å². The summed E-state index contributed by atoms with van der Waals surface area (Å²) in [7, 11) is 0. The summed E-state index contributed by atoms with van der Waals surface area (Å²) >= 11 is 4.17. The number of aromatic nitrogens is 5. The molecule has 10 nitrogen and oxygen atoms in total. The molecule has 0 radical (unpaired) electrons. The standard InChI is InChI=1S/C24H21BrF4N6O4S/c1-3-34-18(12-38-11-14-7-5-4-6-8-14)33-35(23(34)37)20-16(26)9-15(21(36)31-17-10-30-40-19(17)25)22(32-20)39-13(2)24(27,28)29/h4-10,13H,3,11-12H2,1-2H3,(H,31,36)/t13-/m0/s1. The molecule has 0 saturated heterocycles. The van der Waals surface area contributed by atoms with Gasteiger partial charge in [-0.05, 0) is 52.9 Å². The molecule has 16 heteroatoms. The van der Waals surface area contributed by atoms with Gasteiger partial charge < -0.3 is 14.8 Å². The number of amides is 1. The maximum atomic E-state index is 15.3. The van der Waals surface area contributed by atoms with Gasteiger partial charge in [0.05, 0.1) is 18.5 Å². The number of benzene rings is 1. The van der Waals surface area contributed by atoms with E-state index in [-0.39, 0.29) is 31.3 Å². The third kappa shape index (κ3) is 6.56. The minimum absolute atomic E-state index is 0.120. The van der Waals surface area contributed by atoms with Crippen LogP contribution in [0, 0.1) is 5.82 Å². The third-order valence-electron chi connectivity index (χ3n) is 5.49. The first-order valence-corrected chi connectivity index (χ1v) is 13.2. The fraction of sp³-hybridized carbons (Fsp3) is 0.292. The fourth-order valence-corrected chi connectivity index (χ4v) is 4.33. The first-order chi connectivity index (χ1) is 19.0. The number of hydrogen-bond acceptors (Lipinski definition) is 8. The molecule has 0 aliphatic heterocycles. The fourth-order valence-electron chi connectivity index (χ4n) is 3.43. The van der Waals surface area contributed by atoms with Gasteiger partial charge in [0.25, 0.3) is 5.91 Å². The van der Waals surface area contributed by atoms with Gasteiger partial charge in [0.15, 0.2) is 23.6 Å². The zero-order valence-electron chi connectivity index (χ0n) is 20.9. The number of carbonyl (C=O) groups is 1. The molecule has 1 amide bonds. The molecule has 1 aromatic carbocycles. The molecule has 0 aliphatic carbocycles. The van der Waals surface area contributed by atoms with Crippen molar-refractivity contribution >= 4 is 39.1 Å². The molecular weight excluding hydrogens is 624 g/mol. The lowest BCUT2D eigenvalue weighted by molar-refractivity contribution is -0.190. The molecule has 0 bridgehead atoms. The Labute approximate surface area is 236 Å². The number of carbonyl (C=O) groups excluding carboxylic acids is 1. The number of ether oxygens (including phenoxy) is 2. The summed E-state index contributed by atoms with van der Waals surface area (Å²) in [6.07, 6.45) is -5.94. The quantitative estimate of drug-likeness (QED) is 0.239. The van der Waals surface area contributed by atoms with Crippen LogP contribution in [0.15, 0.2) is 51.2 Å². The van der Waals surface area contributed by atoms with Gasteiger partial charge in [-0.15, -0.1) is 5.10 Å². The molecule has 1 atom stereocenters. The number of nitrogens with one attached hydrogen (secondary N) is 1. The van der Waals surface area contributed by atoms with E-state index in [0.29, 0.717) is 21.5 Å². The Balaban J connectivity index is 1.70. The van der Waals surface area contributed by atoms with Crippen molar-refractivity contribution in [2.75, 3.05) is 5.32 Å². The van der Waals surface area contributed by atoms with Crippen LogP contribution in [0.25, 0.3) is 5.82 Å². The zero-order valence-corrected chi connectivity index (χ0v) is 23.3. The summed E-state index contributed by atoms with van der Waals surface area (Å²) in [6, 6.07) is 9.85. The number of anilines is 1. The molecule has 4 aromatic rings. The average Bonchev–Trinajstić information content (AvgIpc) is 3.46. The molecule has 3 aromatic heterocycles. The lowest BCUT2D eigenvalue weighted by Crippen LogP contribution is -2.33. The molecule has 4 rings (SSSR count). The number of alkyl halides is 3. The Morgan fingerprint density at radius 2 is 1.95 bits per heavy atom. The van der Waals surface area contributed by atoms with Crippen molar-refractivity contribution in [2.45, 2.75) is 45.9 Å². The van der Waals surface area contributed by atoms with E-state index < -0.39 is 47.0 Å². The maximum absolute atomic E-state index is 15.3. The highest BCUT2D eigenvalue weighted by molar-refractivity contribution is 9.11. The van der Waals surface area contributed by atoms with Gasteiger partial charge >= 0.3 is 11.9 Å². The van der Waals surface area contributed by atoms with E-state index in [2.05, 4.69) is 35.7 Å². The second-order valence-corrected chi connectivity index (χ2v) is 10.4. The first kappa shape index (κ1) is 29.4. The van der Waals surface area contributed by atoms with Crippen LogP contribution in [0.5, 0.6) is 5.88 Å². The highest BCUT2D eigenvalue weighted by Crippen LogP contribution is 2.30. The summed E-state index contributed by atoms with van der Waals surface area (Å²) in [5.74, 6) is -3.67. The van der Waals surface area contributed by atoms with E-state index in [1.54, 1.807) is 6.92 Å². The number of nitrogens with zero attached hydrogens (tertiary/aromatic N) is 5. The monoisotopic (exact) mass is 644 g/mol. The molecule has 3 heterocycles. The van der Waals surface area contributed by atoms with Crippen molar-refractivity contribution in [1.29, 1.82) is 0 Å². The lowest BCUT2D eigenvalue weighted by Gasteiger charge is -2.19. The smallest absolute Gasteiger partial charge is 0.425 e. The Morgan fingerprint density at radius 3 is 2.58 bits per heavy atom. The summed E-state index contributed by atoms with van der Waals surface area (Å²) in [5, 5.41) is 6.51. The van der Waals surface area contributed by atoms with Gasteiger partial charge in [0.2, 0.25) is 5.88 Å². The van der Waals surface area contributed by atoms with Crippen molar-refractivity contribution in [2.24, 2.45) is 0 Å². The third-order valence-corrected chi connectivity index (χ3v) is 6.94. The van der Waals surface area contributed by atoms with Gasteiger partial charge in [-0.3, -0.25) is 9.36 Å². The maximum Gasteiger partial charge on any atom is 0.425 e. The molecule has 1 N–H and O–H groups in total. The summed E-state index contributed by atoms with van der Waals surface area (Å²) in [5.41, 5.74) is -0.371. The van der Waals surface area contributed by atoms with Gasteiger partial charge in [-0.25, -0.2) is 9.18 Å². The molecule has 0 aliphatic rings. The van der Waals surface area contributed by atoms with E-state index in [0.717, 1.165) is 17.1 Å². The minimum atomic E-state index is -4.83. The van der Waals surface area contributed by atoms with Crippen LogP contribution in [0.2, 0.25) is 0 Å². The van der Waals surface area contributed by atoms with Gasteiger partial charge in [0, 0.05) is 6.54 Å². The largest absolute Gasteiger partial charge is 0.464 e. The first-order valence-electron chi connectivity index (χ1n) is 11.7. The second kappa shape index (κ2) is 12.3. The molecule has 0 saturated carbocycles. The molecule has 40 heavy (non-hydrogen) atoms. The molecule has 212 valence electrons. The Morgan fingerprint density at radius 1 is 1.23 bits per heavy atom. The number of pyridine rings is 1. The summed E-state index contributed by atoms with van der Waals surface area (Å²) in [4.78, 5) is 29.8. The van der Waals surface area contributed by atoms with Crippen LogP contribution in [0.3, 0.4) is 0 Å². The van der Waals surface area contributed by atoms with Gasteiger partial charge in [0.1, 0.15) is 16.0 Å². The second-order valence-electron chi connectivity index (χ2n) is 8.25. The molecular formula is C24H21BrF4N6O4S. The Kier molecular flexibility index (Phi) is 9.00.